The Bertz CT molecular complexity index is 1500. The predicted octanol–water partition coefficient (Wildman–Crippen LogP) is 19.6. The zero-order valence-corrected chi connectivity index (χ0v) is 45.9. The summed E-state index contributed by atoms with van der Waals surface area (Å²) in [5.74, 6) is -0.953. The van der Waals surface area contributed by atoms with Crippen LogP contribution in [-0.2, 0) is 28.6 Å². The van der Waals surface area contributed by atoms with Crippen LogP contribution in [0.5, 0.6) is 0 Å². The second kappa shape index (κ2) is 58.4. The van der Waals surface area contributed by atoms with Crippen LogP contribution in [0, 0.1) is 0 Å². The molecule has 0 amide bonds. The van der Waals surface area contributed by atoms with Crippen molar-refractivity contribution < 1.29 is 28.6 Å². The van der Waals surface area contributed by atoms with Crippen molar-refractivity contribution in [2.75, 3.05) is 13.2 Å². The third-order valence-corrected chi connectivity index (χ3v) is 11.9. The van der Waals surface area contributed by atoms with Gasteiger partial charge in [0.2, 0.25) is 0 Å². The van der Waals surface area contributed by atoms with Gasteiger partial charge in [-0.05, 0) is 128 Å². The van der Waals surface area contributed by atoms with Gasteiger partial charge in [-0.3, -0.25) is 14.4 Å². The highest BCUT2D eigenvalue weighted by Crippen LogP contribution is 2.14. The molecule has 0 saturated heterocycles. The quantitative estimate of drug-likeness (QED) is 0.0261. The molecular formula is C65H106O6. The first-order valence-electron chi connectivity index (χ1n) is 29.0. The molecule has 0 spiro atoms. The minimum Gasteiger partial charge on any atom is -0.462 e. The van der Waals surface area contributed by atoms with Crippen LogP contribution in [0.1, 0.15) is 252 Å². The predicted molar refractivity (Wildman–Crippen MR) is 306 cm³/mol. The van der Waals surface area contributed by atoms with E-state index in [0.717, 1.165) is 135 Å². The average Bonchev–Trinajstić information content (AvgIpc) is 3.37. The van der Waals surface area contributed by atoms with E-state index in [1.165, 1.54) is 77.0 Å². The van der Waals surface area contributed by atoms with Gasteiger partial charge in [-0.2, -0.15) is 0 Å². The van der Waals surface area contributed by atoms with Crippen LogP contribution in [0.3, 0.4) is 0 Å². The van der Waals surface area contributed by atoms with Crippen molar-refractivity contribution in [3.8, 4) is 0 Å². The molecule has 0 radical (unpaired) electrons. The first-order chi connectivity index (χ1) is 35.0. The van der Waals surface area contributed by atoms with Crippen LogP contribution >= 0.6 is 0 Å². The van der Waals surface area contributed by atoms with Gasteiger partial charge in [0.1, 0.15) is 13.2 Å². The van der Waals surface area contributed by atoms with E-state index >= 15 is 0 Å². The second-order valence-corrected chi connectivity index (χ2v) is 18.8. The number of unbranched alkanes of at least 4 members (excludes halogenated alkanes) is 20. The molecule has 0 fully saturated rings. The van der Waals surface area contributed by atoms with E-state index in [0.29, 0.717) is 19.3 Å². The molecule has 71 heavy (non-hydrogen) atoms. The zero-order valence-electron chi connectivity index (χ0n) is 45.9. The summed E-state index contributed by atoms with van der Waals surface area (Å²) >= 11 is 0. The summed E-state index contributed by atoms with van der Waals surface area (Å²) in [7, 11) is 0. The van der Waals surface area contributed by atoms with Crippen molar-refractivity contribution in [1.29, 1.82) is 0 Å². The molecule has 6 nitrogen and oxygen atoms in total. The molecule has 0 aromatic carbocycles. The molecule has 0 aromatic rings. The number of allylic oxidation sites excluding steroid dienone is 20. The van der Waals surface area contributed by atoms with Gasteiger partial charge in [0.25, 0.3) is 0 Å². The highest BCUT2D eigenvalue weighted by molar-refractivity contribution is 5.71. The number of carbonyl (C=O) groups excluding carboxylic acids is 3. The number of hydrogen-bond acceptors (Lipinski definition) is 6. The maximum absolute atomic E-state index is 12.8. The Morgan fingerprint density at radius 2 is 0.563 bits per heavy atom. The zero-order chi connectivity index (χ0) is 51.4. The molecule has 0 aliphatic rings. The number of hydrogen-bond donors (Lipinski definition) is 0. The van der Waals surface area contributed by atoms with Gasteiger partial charge < -0.3 is 14.2 Å². The molecule has 0 rings (SSSR count). The summed E-state index contributed by atoms with van der Waals surface area (Å²) < 4.78 is 16.8. The van der Waals surface area contributed by atoms with Gasteiger partial charge in [-0.15, -0.1) is 0 Å². The average molecular weight is 984 g/mol. The Balaban J connectivity index is 4.42. The molecule has 0 aromatic heterocycles. The first kappa shape index (κ1) is 66.8. The second-order valence-electron chi connectivity index (χ2n) is 18.8. The summed E-state index contributed by atoms with van der Waals surface area (Å²) in [6, 6.07) is 0. The van der Waals surface area contributed by atoms with E-state index in [-0.39, 0.29) is 31.1 Å². The van der Waals surface area contributed by atoms with Crippen LogP contribution in [0.4, 0.5) is 0 Å². The third-order valence-electron chi connectivity index (χ3n) is 11.9. The highest BCUT2D eigenvalue weighted by Gasteiger charge is 2.19. The largest absolute Gasteiger partial charge is 0.462 e. The van der Waals surface area contributed by atoms with Gasteiger partial charge in [0.15, 0.2) is 6.10 Å². The molecule has 1 unspecified atom stereocenters. The lowest BCUT2D eigenvalue weighted by Crippen LogP contribution is -2.30. The van der Waals surface area contributed by atoms with Crippen molar-refractivity contribution in [1.82, 2.24) is 0 Å². The summed E-state index contributed by atoms with van der Waals surface area (Å²) in [6.07, 6.45) is 80.5. The summed E-state index contributed by atoms with van der Waals surface area (Å²) in [5.41, 5.74) is 0. The standard InChI is InChI=1S/C65H106O6/c1-4-7-10-13-16-19-22-24-26-28-29-30-31-32-33-34-35-37-38-40-43-46-49-52-55-58-64(67)70-61-62(60-69-63(66)57-54-51-48-45-42-21-18-15-12-9-6-3)71-65(68)59-56-53-50-47-44-41-39-36-27-25-23-20-17-14-11-8-5-2/h7,10,15-20,24-27,29-30,32-33,35,37,40,43,62H,4-6,8-9,11-14,21-23,28,31,34,36,38-39,41-42,44-61H2,1-3H3/b10-7-,18-15-,19-16-,20-17-,26-24-,27-25-,30-29-,33-32-,37-35-,43-40-. The molecule has 0 aliphatic heterocycles. The van der Waals surface area contributed by atoms with Crippen LogP contribution in [0.15, 0.2) is 122 Å². The smallest absolute Gasteiger partial charge is 0.306 e. The highest BCUT2D eigenvalue weighted by atomic mass is 16.6. The lowest BCUT2D eigenvalue weighted by molar-refractivity contribution is -0.167. The lowest BCUT2D eigenvalue weighted by atomic mass is 10.1. The van der Waals surface area contributed by atoms with E-state index < -0.39 is 6.10 Å². The number of ether oxygens (including phenoxy) is 3. The Kier molecular flexibility index (Phi) is 54.9. The first-order valence-corrected chi connectivity index (χ1v) is 29.0. The van der Waals surface area contributed by atoms with Crippen molar-refractivity contribution in [2.24, 2.45) is 0 Å². The van der Waals surface area contributed by atoms with Gasteiger partial charge in [0.05, 0.1) is 0 Å². The topological polar surface area (TPSA) is 78.9 Å². The van der Waals surface area contributed by atoms with Crippen LogP contribution in [0.25, 0.3) is 0 Å². The van der Waals surface area contributed by atoms with Gasteiger partial charge in [-0.1, -0.05) is 226 Å². The van der Waals surface area contributed by atoms with Crippen molar-refractivity contribution >= 4 is 17.9 Å². The number of carbonyl (C=O) groups is 3. The van der Waals surface area contributed by atoms with Gasteiger partial charge in [0, 0.05) is 19.3 Å². The van der Waals surface area contributed by atoms with Gasteiger partial charge in [-0.25, -0.2) is 0 Å². The fourth-order valence-corrected chi connectivity index (χ4v) is 7.55. The molecule has 402 valence electrons. The Morgan fingerprint density at radius 1 is 0.296 bits per heavy atom. The van der Waals surface area contributed by atoms with Crippen LogP contribution in [-0.4, -0.2) is 37.2 Å². The molecule has 0 saturated carbocycles. The molecular weight excluding hydrogens is 877 g/mol. The van der Waals surface area contributed by atoms with E-state index in [2.05, 4.69) is 142 Å². The minimum atomic E-state index is -0.803. The Labute approximate surface area is 437 Å². The monoisotopic (exact) mass is 983 g/mol. The maximum atomic E-state index is 12.8. The van der Waals surface area contributed by atoms with Crippen molar-refractivity contribution in [3.05, 3.63) is 122 Å². The fraction of sp³-hybridized carbons (Fsp3) is 0.646. The summed E-state index contributed by atoms with van der Waals surface area (Å²) in [6.45, 7) is 6.41. The molecule has 0 N–H and O–H groups in total. The number of esters is 3. The SMILES string of the molecule is CC/C=C\C/C=C\C/C=C\C/C=C\C/C=C\C/C=C\C/C=C\CCCCCC(=O)OCC(COC(=O)CCCCCCC/C=C\CCCC)OC(=O)CCCCCCCCC/C=C\C/C=C\CCCCC. The Morgan fingerprint density at radius 3 is 0.930 bits per heavy atom. The summed E-state index contributed by atoms with van der Waals surface area (Å²) in [4.78, 5) is 38.1. The van der Waals surface area contributed by atoms with E-state index in [1.807, 2.05) is 0 Å². The molecule has 0 heterocycles. The van der Waals surface area contributed by atoms with Crippen molar-refractivity contribution in [3.63, 3.8) is 0 Å². The molecule has 0 bridgehead atoms. The van der Waals surface area contributed by atoms with Crippen LogP contribution in [0.2, 0.25) is 0 Å². The normalized spacial score (nSPS) is 13.0. The van der Waals surface area contributed by atoms with E-state index in [9.17, 15) is 14.4 Å². The summed E-state index contributed by atoms with van der Waals surface area (Å²) in [5, 5.41) is 0. The maximum Gasteiger partial charge on any atom is 0.306 e. The van der Waals surface area contributed by atoms with E-state index in [1.54, 1.807) is 0 Å². The minimum absolute atomic E-state index is 0.0991. The molecule has 0 aliphatic carbocycles. The molecule has 1 atom stereocenters. The van der Waals surface area contributed by atoms with Gasteiger partial charge >= 0.3 is 17.9 Å². The molecule has 6 heteroatoms. The van der Waals surface area contributed by atoms with Crippen molar-refractivity contribution in [2.45, 2.75) is 258 Å². The van der Waals surface area contributed by atoms with Crippen LogP contribution < -0.4 is 0 Å². The fourth-order valence-electron chi connectivity index (χ4n) is 7.55. The lowest BCUT2D eigenvalue weighted by Gasteiger charge is -2.18. The number of rotatable bonds is 51. The van der Waals surface area contributed by atoms with E-state index in [4.69, 9.17) is 14.2 Å². The third kappa shape index (κ3) is 56.6. The Hall–Kier alpha value is -4.19.